The summed E-state index contributed by atoms with van der Waals surface area (Å²) in [7, 11) is 0. The van der Waals surface area contributed by atoms with Crippen molar-refractivity contribution in [2.75, 3.05) is 6.54 Å². The highest BCUT2D eigenvalue weighted by Crippen LogP contribution is 2.28. The number of phenolic OH excluding ortho intramolecular Hbond substituents is 1. The highest BCUT2D eigenvalue weighted by Gasteiger charge is 2.18. The van der Waals surface area contributed by atoms with Crippen molar-refractivity contribution in [1.29, 1.82) is 0 Å². The Labute approximate surface area is 146 Å². The van der Waals surface area contributed by atoms with E-state index in [0.717, 1.165) is 42.4 Å². The molecule has 4 nitrogen and oxygen atoms in total. The van der Waals surface area contributed by atoms with Gasteiger partial charge in [0.05, 0.1) is 0 Å². The number of hydrogen-bond acceptors (Lipinski definition) is 4. The van der Waals surface area contributed by atoms with Gasteiger partial charge in [0, 0.05) is 37.2 Å². The van der Waals surface area contributed by atoms with Gasteiger partial charge < -0.3 is 9.52 Å². The number of hydrogen-bond donors (Lipinski definition) is 1. The van der Waals surface area contributed by atoms with E-state index >= 15 is 0 Å². The van der Waals surface area contributed by atoms with E-state index < -0.39 is 0 Å². The molecule has 1 N–H and O–H groups in total. The van der Waals surface area contributed by atoms with Crippen LogP contribution in [0.5, 0.6) is 5.75 Å². The Morgan fingerprint density at radius 1 is 1.12 bits per heavy atom. The lowest BCUT2D eigenvalue weighted by atomic mass is 9.99. The van der Waals surface area contributed by atoms with E-state index in [2.05, 4.69) is 29.2 Å². The first-order valence-corrected chi connectivity index (χ1v) is 8.72. The minimum Gasteiger partial charge on any atom is -0.508 e. The average molecular weight is 335 g/mol. The second-order valence-corrected chi connectivity index (χ2v) is 6.65. The Hall–Kier alpha value is -2.59. The zero-order chi connectivity index (χ0) is 17.4. The van der Waals surface area contributed by atoms with Gasteiger partial charge in [-0.15, -0.1) is 0 Å². The third-order valence-electron chi connectivity index (χ3n) is 5.01. The maximum Gasteiger partial charge on any atom is 0.336 e. The molecule has 0 bridgehead atoms. The van der Waals surface area contributed by atoms with Crippen LogP contribution in [-0.2, 0) is 25.9 Å². The van der Waals surface area contributed by atoms with Crippen molar-refractivity contribution in [3.05, 3.63) is 75.1 Å². The lowest BCUT2D eigenvalue weighted by Gasteiger charge is -2.29. The van der Waals surface area contributed by atoms with Gasteiger partial charge in [-0.2, -0.15) is 0 Å². The Balaban J connectivity index is 1.71. The van der Waals surface area contributed by atoms with Crippen LogP contribution in [0.25, 0.3) is 11.0 Å². The zero-order valence-corrected chi connectivity index (χ0v) is 14.3. The van der Waals surface area contributed by atoms with Gasteiger partial charge in [0.25, 0.3) is 0 Å². The van der Waals surface area contributed by atoms with Crippen molar-refractivity contribution in [1.82, 2.24) is 4.90 Å². The van der Waals surface area contributed by atoms with Crippen LogP contribution < -0.4 is 5.63 Å². The summed E-state index contributed by atoms with van der Waals surface area (Å²) >= 11 is 0. The van der Waals surface area contributed by atoms with E-state index in [1.807, 2.05) is 13.0 Å². The topological polar surface area (TPSA) is 53.7 Å². The molecule has 2 heterocycles. The van der Waals surface area contributed by atoms with E-state index in [4.69, 9.17) is 4.42 Å². The Morgan fingerprint density at radius 2 is 1.92 bits per heavy atom. The predicted molar refractivity (Wildman–Crippen MR) is 97.8 cm³/mol. The third kappa shape index (κ3) is 3.05. The fraction of sp³-hybridized carbons (Fsp3) is 0.286. The molecule has 4 rings (SSSR count). The number of nitrogens with zero attached hydrogens (tertiary/aromatic N) is 1. The lowest BCUT2D eigenvalue weighted by molar-refractivity contribution is 0.246. The number of aryl methyl sites for hydroxylation is 1. The predicted octanol–water partition coefficient (Wildman–Crippen LogP) is 3.62. The summed E-state index contributed by atoms with van der Waals surface area (Å²) in [4.78, 5) is 14.3. The van der Waals surface area contributed by atoms with Gasteiger partial charge in [-0.25, -0.2) is 4.79 Å². The maximum atomic E-state index is 11.9. The molecule has 0 saturated heterocycles. The molecule has 0 unspecified atom stereocenters. The third-order valence-corrected chi connectivity index (χ3v) is 5.01. The van der Waals surface area contributed by atoms with Gasteiger partial charge in [-0.3, -0.25) is 4.90 Å². The number of phenols is 1. The van der Waals surface area contributed by atoms with Gasteiger partial charge in [-0.05, 0) is 41.2 Å². The van der Waals surface area contributed by atoms with Crippen LogP contribution in [0.2, 0.25) is 0 Å². The number of fused-ring (bicyclic) bond motifs is 2. The second-order valence-electron chi connectivity index (χ2n) is 6.65. The number of rotatable bonds is 3. The molecule has 128 valence electrons. The van der Waals surface area contributed by atoms with E-state index in [1.54, 1.807) is 12.1 Å². The first-order valence-electron chi connectivity index (χ1n) is 8.72. The molecule has 2 aromatic carbocycles. The van der Waals surface area contributed by atoms with Crippen molar-refractivity contribution in [2.45, 2.75) is 32.9 Å². The molecular formula is C21H21NO3. The molecule has 1 aliphatic heterocycles. The van der Waals surface area contributed by atoms with Crippen molar-refractivity contribution < 1.29 is 9.52 Å². The summed E-state index contributed by atoms with van der Waals surface area (Å²) in [5, 5.41) is 11.0. The lowest BCUT2D eigenvalue weighted by Crippen LogP contribution is -2.30. The highest BCUT2D eigenvalue weighted by atomic mass is 16.4. The number of aromatic hydroxyl groups is 1. The SMILES string of the molecule is CCc1cc2c(CN3CCc4ccccc4C3)cc(=O)oc2cc1O. The van der Waals surface area contributed by atoms with Crippen molar-refractivity contribution >= 4 is 11.0 Å². The molecule has 0 saturated carbocycles. The van der Waals surface area contributed by atoms with Crippen molar-refractivity contribution in [3.63, 3.8) is 0 Å². The summed E-state index contributed by atoms with van der Waals surface area (Å²) in [6.07, 6.45) is 1.76. The van der Waals surface area contributed by atoms with Crippen LogP contribution in [0.1, 0.15) is 29.2 Å². The Kier molecular flexibility index (Phi) is 4.06. The van der Waals surface area contributed by atoms with Crippen molar-refractivity contribution in [2.24, 2.45) is 0 Å². The fourth-order valence-electron chi connectivity index (χ4n) is 3.65. The molecule has 0 spiro atoms. The van der Waals surface area contributed by atoms with Gasteiger partial charge in [-0.1, -0.05) is 31.2 Å². The van der Waals surface area contributed by atoms with E-state index in [-0.39, 0.29) is 11.4 Å². The van der Waals surface area contributed by atoms with E-state index in [0.29, 0.717) is 12.1 Å². The van der Waals surface area contributed by atoms with E-state index in [1.165, 1.54) is 11.1 Å². The molecular weight excluding hydrogens is 314 g/mol. The summed E-state index contributed by atoms with van der Waals surface area (Å²) < 4.78 is 5.29. The largest absolute Gasteiger partial charge is 0.508 e. The fourth-order valence-corrected chi connectivity index (χ4v) is 3.65. The molecule has 1 aromatic heterocycles. The normalized spacial score (nSPS) is 14.6. The van der Waals surface area contributed by atoms with E-state index in [9.17, 15) is 9.90 Å². The summed E-state index contributed by atoms with van der Waals surface area (Å²) in [6.45, 7) is 4.56. The first kappa shape index (κ1) is 15.9. The van der Waals surface area contributed by atoms with Crippen LogP contribution in [-0.4, -0.2) is 16.6 Å². The quantitative estimate of drug-likeness (QED) is 0.743. The zero-order valence-electron chi connectivity index (χ0n) is 14.3. The van der Waals surface area contributed by atoms with Crippen LogP contribution >= 0.6 is 0 Å². The molecule has 3 aromatic rings. The molecule has 0 fully saturated rings. The van der Waals surface area contributed by atoms with Gasteiger partial charge >= 0.3 is 5.63 Å². The average Bonchev–Trinajstić information content (AvgIpc) is 2.61. The van der Waals surface area contributed by atoms with Crippen LogP contribution in [0.4, 0.5) is 0 Å². The molecule has 0 amide bonds. The summed E-state index contributed by atoms with van der Waals surface area (Å²) in [6, 6.07) is 13.6. The minimum atomic E-state index is -0.372. The van der Waals surface area contributed by atoms with Crippen LogP contribution in [0.15, 0.2) is 51.7 Å². The molecule has 1 aliphatic rings. The smallest absolute Gasteiger partial charge is 0.336 e. The molecule has 0 aliphatic carbocycles. The molecule has 0 radical (unpaired) electrons. The molecule has 0 atom stereocenters. The van der Waals surface area contributed by atoms with Gasteiger partial charge in [0.1, 0.15) is 11.3 Å². The monoisotopic (exact) mass is 335 g/mol. The Bertz CT molecular complexity index is 990. The molecule has 4 heteroatoms. The number of benzene rings is 2. The summed E-state index contributed by atoms with van der Waals surface area (Å²) in [5.41, 5.74) is 4.67. The maximum absolute atomic E-state index is 11.9. The van der Waals surface area contributed by atoms with Crippen LogP contribution in [0.3, 0.4) is 0 Å². The Morgan fingerprint density at radius 3 is 2.72 bits per heavy atom. The second kappa shape index (κ2) is 6.37. The highest BCUT2D eigenvalue weighted by molar-refractivity contribution is 5.82. The molecule has 25 heavy (non-hydrogen) atoms. The summed E-state index contributed by atoms with van der Waals surface area (Å²) in [5.74, 6) is 0.183. The van der Waals surface area contributed by atoms with Crippen molar-refractivity contribution in [3.8, 4) is 5.75 Å². The first-order chi connectivity index (χ1) is 12.1. The minimum absolute atomic E-state index is 0.183. The standard InChI is InChI=1S/C21H21NO3/c1-2-14-9-18-17(10-21(24)25-20(18)11-19(14)23)13-22-8-7-15-5-3-4-6-16(15)12-22/h3-6,9-11,23H,2,7-8,12-13H2,1H3. The van der Waals surface area contributed by atoms with Gasteiger partial charge in [0.2, 0.25) is 0 Å². The van der Waals surface area contributed by atoms with Crippen LogP contribution in [0, 0.1) is 0 Å². The van der Waals surface area contributed by atoms with Gasteiger partial charge in [0.15, 0.2) is 0 Å².